The molecule has 3 nitrogen and oxygen atoms in total. The van der Waals surface area contributed by atoms with Crippen LogP contribution in [0.25, 0.3) is 22.0 Å². The zero-order valence-corrected chi connectivity index (χ0v) is 15.5. The van der Waals surface area contributed by atoms with E-state index in [4.69, 9.17) is 4.74 Å². The highest BCUT2D eigenvalue weighted by molar-refractivity contribution is 5.84. The van der Waals surface area contributed by atoms with Crippen molar-refractivity contribution in [3.05, 3.63) is 90.1 Å². The summed E-state index contributed by atoms with van der Waals surface area (Å²) in [5.74, 6) is 0.896. The zero-order chi connectivity index (χ0) is 18.5. The molecule has 0 unspecified atom stereocenters. The molecule has 0 aliphatic rings. The summed E-state index contributed by atoms with van der Waals surface area (Å²) in [5, 5.41) is 4.84. The molecule has 0 spiro atoms. The second-order valence-electron chi connectivity index (χ2n) is 6.68. The number of ether oxygens (including phenoxy) is 1. The molecule has 1 aromatic heterocycles. The molecule has 0 radical (unpaired) electrons. The minimum Gasteiger partial charge on any atom is -0.497 e. The number of hydrogen-bond donors (Lipinski definition) is 2. The number of rotatable bonds is 7. The van der Waals surface area contributed by atoms with Crippen molar-refractivity contribution in [1.29, 1.82) is 0 Å². The highest BCUT2D eigenvalue weighted by Gasteiger charge is 2.06. The van der Waals surface area contributed by atoms with Gasteiger partial charge in [0.25, 0.3) is 0 Å². The van der Waals surface area contributed by atoms with E-state index in [1.807, 2.05) is 6.07 Å². The summed E-state index contributed by atoms with van der Waals surface area (Å²) in [6.45, 7) is 1.78. The Balaban J connectivity index is 1.42. The van der Waals surface area contributed by atoms with Crippen molar-refractivity contribution in [3.8, 4) is 16.9 Å². The van der Waals surface area contributed by atoms with Crippen LogP contribution in [0.1, 0.15) is 11.1 Å². The number of fused-ring (bicyclic) bond motifs is 1. The Hall–Kier alpha value is -3.04. The van der Waals surface area contributed by atoms with Crippen molar-refractivity contribution >= 4 is 10.9 Å². The molecule has 3 aromatic carbocycles. The third kappa shape index (κ3) is 3.88. The van der Waals surface area contributed by atoms with Crippen LogP contribution in [0.2, 0.25) is 0 Å². The van der Waals surface area contributed by atoms with Gasteiger partial charge in [0.1, 0.15) is 5.75 Å². The summed E-state index contributed by atoms with van der Waals surface area (Å²) in [6.07, 6.45) is 3.07. The lowest BCUT2D eigenvalue weighted by Crippen LogP contribution is -2.17. The molecule has 27 heavy (non-hydrogen) atoms. The highest BCUT2D eigenvalue weighted by atomic mass is 16.5. The van der Waals surface area contributed by atoms with Crippen molar-refractivity contribution in [2.75, 3.05) is 13.7 Å². The van der Waals surface area contributed by atoms with Gasteiger partial charge < -0.3 is 15.0 Å². The van der Waals surface area contributed by atoms with Gasteiger partial charge in [-0.15, -0.1) is 0 Å². The van der Waals surface area contributed by atoms with Crippen LogP contribution in [0.3, 0.4) is 0 Å². The molecule has 2 N–H and O–H groups in total. The summed E-state index contributed by atoms with van der Waals surface area (Å²) in [4.78, 5) is 3.35. The van der Waals surface area contributed by atoms with Crippen LogP contribution in [0.4, 0.5) is 0 Å². The fourth-order valence-corrected chi connectivity index (χ4v) is 3.51. The van der Waals surface area contributed by atoms with Crippen LogP contribution in [-0.2, 0) is 13.0 Å². The molecule has 4 rings (SSSR count). The second-order valence-corrected chi connectivity index (χ2v) is 6.68. The summed E-state index contributed by atoms with van der Waals surface area (Å²) in [6, 6.07) is 25.3. The van der Waals surface area contributed by atoms with E-state index in [2.05, 4.69) is 83.2 Å². The monoisotopic (exact) mass is 356 g/mol. The van der Waals surface area contributed by atoms with Crippen molar-refractivity contribution in [2.24, 2.45) is 0 Å². The molecular weight excluding hydrogens is 332 g/mol. The Kier molecular flexibility index (Phi) is 5.22. The van der Waals surface area contributed by atoms with Gasteiger partial charge >= 0.3 is 0 Å². The van der Waals surface area contributed by atoms with Gasteiger partial charge in [0.2, 0.25) is 0 Å². The lowest BCUT2D eigenvalue weighted by Gasteiger charge is -2.11. The van der Waals surface area contributed by atoms with Crippen LogP contribution in [-0.4, -0.2) is 18.6 Å². The minimum atomic E-state index is 0.858. The standard InChI is InChI=1S/C24H24N2O/c1-27-21-11-12-24-23(15-21)20(17-26-24)13-14-25-16-19-9-5-6-10-22(19)18-7-3-2-4-8-18/h2-12,15,17,25-26H,13-14,16H2,1H3. The Bertz CT molecular complexity index is 1020. The summed E-state index contributed by atoms with van der Waals surface area (Å²) >= 11 is 0. The van der Waals surface area contributed by atoms with E-state index in [1.165, 1.54) is 27.6 Å². The summed E-state index contributed by atoms with van der Waals surface area (Å²) < 4.78 is 5.36. The van der Waals surface area contributed by atoms with E-state index in [1.54, 1.807) is 7.11 Å². The topological polar surface area (TPSA) is 37.0 Å². The van der Waals surface area contributed by atoms with Gasteiger partial charge in [0, 0.05) is 23.6 Å². The average molecular weight is 356 g/mol. The smallest absolute Gasteiger partial charge is 0.119 e. The van der Waals surface area contributed by atoms with E-state index >= 15 is 0 Å². The Morgan fingerprint density at radius 3 is 2.56 bits per heavy atom. The van der Waals surface area contributed by atoms with E-state index in [9.17, 15) is 0 Å². The Morgan fingerprint density at radius 2 is 1.70 bits per heavy atom. The summed E-state index contributed by atoms with van der Waals surface area (Å²) in [7, 11) is 1.71. The average Bonchev–Trinajstić information content (AvgIpc) is 3.14. The number of aromatic amines is 1. The highest BCUT2D eigenvalue weighted by Crippen LogP contribution is 2.25. The molecule has 0 aliphatic heterocycles. The second kappa shape index (κ2) is 8.11. The van der Waals surface area contributed by atoms with E-state index in [-0.39, 0.29) is 0 Å². The van der Waals surface area contributed by atoms with E-state index in [0.717, 1.165) is 30.8 Å². The molecular formula is C24H24N2O. The number of methoxy groups -OCH3 is 1. The Labute approximate surface area is 160 Å². The van der Waals surface area contributed by atoms with Crippen molar-refractivity contribution in [2.45, 2.75) is 13.0 Å². The van der Waals surface area contributed by atoms with Crippen LogP contribution >= 0.6 is 0 Å². The van der Waals surface area contributed by atoms with Crippen LogP contribution < -0.4 is 10.1 Å². The third-order valence-electron chi connectivity index (χ3n) is 4.96. The summed E-state index contributed by atoms with van der Waals surface area (Å²) in [5.41, 5.74) is 6.35. The maximum Gasteiger partial charge on any atom is 0.119 e. The largest absolute Gasteiger partial charge is 0.497 e. The van der Waals surface area contributed by atoms with E-state index < -0.39 is 0 Å². The van der Waals surface area contributed by atoms with Crippen molar-refractivity contribution in [3.63, 3.8) is 0 Å². The van der Waals surface area contributed by atoms with Crippen LogP contribution in [0.15, 0.2) is 79.0 Å². The first kappa shape index (κ1) is 17.4. The quantitative estimate of drug-likeness (QED) is 0.448. The third-order valence-corrected chi connectivity index (χ3v) is 4.96. The maximum absolute atomic E-state index is 5.36. The lowest BCUT2D eigenvalue weighted by atomic mass is 10.00. The first-order valence-electron chi connectivity index (χ1n) is 9.33. The number of nitrogens with one attached hydrogen (secondary N) is 2. The molecule has 0 aliphatic carbocycles. The molecule has 0 amide bonds. The van der Waals surface area contributed by atoms with Gasteiger partial charge in [-0.1, -0.05) is 54.6 Å². The number of H-pyrrole nitrogens is 1. The fourth-order valence-electron chi connectivity index (χ4n) is 3.51. The van der Waals surface area contributed by atoms with Gasteiger partial charge in [-0.25, -0.2) is 0 Å². The molecule has 136 valence electrons. The number of hydrogen-bond acceptors (Lipinski definition) is 2. The van der Waals surface area contributed by atoms with Gasteiger partial charge in [-0.05, 0) is 53.4 Å². The normalized spacial score (nSPS) is 11.0. The Morgan fingerprint density at radius 1 is 0.889 bits per heavy atom. The number of benzene rings is 3. The molecule has 0 fully saturated rings. The molecule has 4 aromatic rings. The molecule has 0 saturated heterocycles. The predicted molar refractivity (Wildman–Crippen MR) is 112 cm³/mol. The van der Waals surface area contributed by atoms with Gasteiger partial charge in [-0.2, -0.15) is 0 Å². The van der Waals surface area contributed by atoms with Crippen LogP contribution in [0.5, 0.6) is 5.75 Å². The molecule has 0 atom stereocenters. The molecule has 3 heteroatoms. The number of aromatic nitrogens is 1. The predicted octanol–water partition coefficient (Wildman–Crippen LogP) is 5.18. The van der Waals surface area contributed by atoms with Gasteiger partial charge in [0.05, 0.1) is 7.11 Å². The lowest BCUT2D eigenvalue weighted by molar-refractivity contribution is 0.415. The van der Waals surface area contributed by atoms with Crippen molar-refractivity contribution in [1.82, 2.24) is 10.3 Å². The minimum absolute atomic E-state index is 0.858. The maximum atomic E-state index is 5.36. The van der Waals surface area contributed by atoms with E-state index in [0.29, 0.717) is 0 Å². The SMILES string of the molecule is COc1ccc2[nH]cc(CCNCc3ccccc3-c3ccccc3)c2c1. The first-order valence-corrected chi connectivity index (χ1v) is 9.33. The van der Waals surface area contributed by atoms with Gasteiger partial charge in [0.15, 0.2) is 0 Å². The molecule has 0 saturated carbocycles. The van der Waals surface area contributed by atoms with Crippen molar-refractivity contribution < 1.29 is 4.74 Å². The fraction of sp³-hybridized carbons (Fsp3) is 0.167. The van der Waals surface area contributed by atoms with Gasteiger partial charge in [-0.3, -0.25) is 0 Å². The first-order chi connectivity index (χ1) is 13.3. The molecule has 0 bridgehead atoms. The zero-order valence-electron chi connectivity index (χ0n) is 15.5. The molecule has 1 heterocycles. The van der Waals surface area contributed by atoms with Crippen LogP contribution in [0, 0.1) is 0 Å².